The average molecular weight is 399 g/mol. The first-order valence-electron chi connectivity index (χ1n) is 9.74. The molecule has 8 heteroatoms. The van der Waals surface area contributed by atoms with Crippen LogP contribution in [0.2, 0.25) is 0 Å². The van der Waals surface area contributed by atoms with Crippen molar-refractivity contribution >= 4 is 17.8 Å². The molecular formula is C21H25N3O5. The average Bonchev–Trinajstić information content (AvgIpc) is 3.36. The Labute approximate surface area is 169 Å². The number of aromatic amines is 1. The first-order chi connectivity index (χ1) is 14.0. The third kappa shape index (κ3) is 4.31. The second-order valence-corrected chi connectivity index (χ2v) is 6.86. The van der Waals surface area contributed by atoms with E-state index in [2.05, 4.69) is 10.2 Å². The molecule has 29 heavy (non-hydrogen) atoms. The zero-order valence-corrected chi connectivity index (χ0v) is 16.8. The highest BCUT2D eigenvalue weighted by atomic mass is 16.5. The fourth-order valence-electron chi connectivity index (χ4n) is 3.48. The van der Waals surface area contributed by atoms with E-state index in [1.165, 1.54) is 4.90 Å². The Balaban J connectivity index is 1.88. The summed E-state index contributed by atoms with van der Waals surface area (Å²) in [7, 11) is 0. The van der Waals surface area contributed by atoms with E-state index in [1.807, 2.05) is 31.2 Å². The van der Waals surface area contributed by atoms with Crippen molar-refractivity contribution in [3.8, 4) is 11.3 Å². The van der Waals surface area contributed by atoms with Gasteiger partial charge in [0, 0.05) is 5.56 Å². The molecule has 1 aliphatic heterocycles. The molecule has 1 aromatic carbocycles. The zero-order valence-electron chi connectivity index (χ0n) is 16.8. The van der Waals surface area contributed by atoms with E-state index in [4.69, 9.17) is 9.47 Å². The molecule has 0 unspecified atom stereocenters. The van der Waals surface area contributed by atoms with Gasteiger partial charge in [-0.3, -0.25) is 9.89 Å². The van der Waals surface area contributed by atoms with Crippen molar-refractivity contribution < 1.29 is 23.9 Å². The van der Waals surface area contributed by atoms with Crippen molar-refractivity contribution in [1.29, 1.82) is 0 Å². The monoisotopic (exact) mass is 399 g/mol. The first-order valence-corrected chi connectivity index (χ1v) is 9.74. The van der Waals surface area contributed by atoms with Gasteiger partial charge in [0.25, 0.3) is 5.91 Å². The predicted molar refractivity (Wildman–Crippen MR) is 105 cm³/mol. The van der Waals surface area contributed by atoms with Crippen LogP contribution in [0.25, 0.3) is 11.3 Å². The Morgan fingerprint density at radius 3 is 2.10 bits per heavy atom. The minimum Gasteiger partial charge on any atom is -0.464 e. The molecular weight excluding hydrogens is 374 g/mol. The lowest BCUT2D eigenvalue weighted by atomic mass is 10.1. The van der Waals surface area contributed by atoms with Crippen LogP contribution in [0.5, 0.6) is 0 Å². The van der Waals surface area contributed by atoms with Gasteiger partial charge in [-0.25, -0.2) is 9.59 Å². The molecule has 0 bridgehead atoms. The van der Waals surface area contributed by atoms with Crippen molar-refractivity contribution in [2.24, 2.45) is 0 Å². The molecule has 2 aromatic rings. The second-order valence-electron chi connectivity index (χ2n) is 6.86. The van der Waals surface area contributed by atoms with Gasteiger partial charge in [0.1, 0.15) is 17.8 Å². The topological polar surface area (TPSA) is 102 Å². The highest BCUT2D eigenvalue weighted by molar-refractivity contribution is 5.99. The highest BCUT2D eigenvalue weighted by Gasteiger charge is 2.46. The summed E-state index contributed by atoms with van der Waals surface area (Å²) >= 11 is 0. The van der Waals surface area contributed by atoms with Crippen LogP contribution >= 0.6 is 0 Å². The molecule has 1 aromatic heterocycles. The summed E-state index contributed by atoms with van der Waals surface area (Å²) < 4.78 is 10.2. The molecule has 2 heterocycles. The lowest BCUT2D eigenvalue weighted by molar-refractivity contribution is -0.151. The van der Waals surface area contributed by atoms with Gasteiger partial charge in [-0.1, -0.05) is 29.8 Å². The van der Waals surface area contributed by atoms with Gasteiger partial charge in [-0.05, 0) is 39.7 Å². The van der Waals surface area contributed by atoms with E-state index >= 15 is 0 Å². The van der Waals surface area contributed by atoms with E-state index in [0.29, 0.717) is 18.5 Å². The molecule has 1 aliphatic rings. The molecule has 0 saturated carbocycles. The van der Waals surface area contributed by atoms with E-state index in [9.17, 15) is 14.4 Å². The second kappa shape index (κ2) is 8.89. The maximum Gasteiger partial charge on any atom is 0.328 e. The SMILES string of the molecule is CCOC(=O)[C@H]1CC[C@@H](C(=O)OCC)N1C(=O)c1cc(-c2ccc(C)cc2)n[nH]1. The van der Waals surface area contributed by atoms with Gasteiger partial charge in [0.2, 0.25) is 0 Å². The van der Waals surface area contributed by atoms with Gasteiger partial charge in [0.05, 0.1) is 18.9 Å². The van der Waals surface area contributed by atoms with Gasteiger partial charge >= 0.3 is 11.9 Å². The minimum atomic E-state index is -0.831. The standard InChI is InChI=1S/C21H25N3O5/c1-4-28-20(26)17-10-11-18(21(27)29-5-2)24(17)19(25)16-12-15(22-23-16)14-8-6-13(3)7-9-14/h6-9,12,17-18H,4-5,10-11H2,1-3H3,(H,22,23)/t17-,18+. The van der Waals surface area contributed by atoms with Gasteiger partial charge in [0.15, 0.2) is 0 Å². The molecule has 1 N–H and O–H groups in total. The number of nitrogens with zero attached hydrogens (tertiary/aromatic N) is 2. The normalized spacial score (nSPS) is 18.5. The number of aromatic nitrogens is 2. The van der Waals surface area contributed by atoms with Gasteiger partial charge in [-0.15, -0.1) is 0 Å². The number of benzene rings is 1. The molecule has 1 amide bonds. The van der Waals surface area contributed by atoms with E-state index in [-0.39, 0.29) is 18.9 Å². The minimum absolute atomic E-state index is 0.197. The van der Waals surface area contributed by atoms with E-state index in [0.717, 1.165) is 11.1 Å². The number of hydrogen-bond acceptors (Lipinski definition) is 6. The Morgan fingerprint density at radius 2 is 1.59 bits per heavy atom. The number of rotatable bonds is 6. The third-order valence-electron chi connectivity index (χ3n) is 4.89. The van der Waals surface area contributed by atoms with Crippen molar-refractivity contribution in [1.82, 2.24) is 15.1 Å². The Kier molecular flexibility index (Phi) is 6.31. The molecule has 2 atom stereocenters. The fourth-order valence-corrected chi connectivity index (χ4v) is 3.48. The van der Waals surface area contributed by atoms with Crippen molar-refractivity contribution in [2.75, 3.05) is 13.2 Å². The van der Waals surface area contributed by atoms with Crippen LogP contribution in [-0.4, -0.2) is 58.2 Å². The van der Waals surface area contributed by atoms with E-state index in [1.54, 1.807) is 19.9 Å². The third-order valence-corrected chi connectivity index (χ3v) is 4.89. The first kappa shape index (κ1) is 20.6. The number of ether oxygens (including phenoxy) is 2. The van der Waals surface area contributed by atoms with Crippen molar-refractivity contribution in [3.05, 3.63) is 41.6 Å². The van der Waals surface area contributed by atoms with Crippen LogP contribution in [0.1, 0.15) is 42.7 Å². The molecule has 0 radical (unpaired) electrons. The van der Waals surface area contributed by atoms with Crippen molar-refractivity contribution in [2.45, 2.75) is 45.7 Å². The highest BCUT2D eigenvalue weighted by Crippen LogP contribution is 2.29. The lowest BCUT2D eigenvalue weighted by Gasteiger charge is -2.27. The molecule has 0 aliphatic carbocycles. The van der Waals surface area contributed by atoms with Crippen LogP contribution in [-0.2, 0) is 19.1 Å². The predicted octanol–water partition coefficient (Wildman–Crippen LogP) is 2.48. The molecule has 1 saturated heterocycles. The van der Waals surface area contributed by atoms with Crippen LogP contribution < -0.4 is 0 Å². The summed E-state index contributed by atoms with van der Waals surface area (Å²) in [5.74, 6) is -1.53. The molecule has 8 nitrogen and oxygen atoms in total. The number of amides is 1. The molecule has 0 spiro atoms. The summed E-state index contributed by atoms with van der Waals surface area (Å²) in [4.78, 5) is 39.3. The summed E-state index contributed by atoms with van der Waals surface area (Å²) in [5.41, 5.74) is 2.78. The summed E-state index contributed by atoms with van der Waals surface area (Å²) in [6, 6.07) is 7.71. The fraction of sp³-hybridized carbons (Fsp3) is 0.429. The van der Waals surface area contributed by atoms with Crippen molar-refractivity contribution in [3.63, 3.8) is 0 Å². The Bertz CT molecular complexity index is 864. The van der Waals surface area contributed by atoms with Crippen LogP contribution in [0.3, 0.4) is 0 Å². The van der Waals surface area contributed by atoms with E-state index < -0.39 is 29.9 Å². The van der Waals surface area contributed by atoms with Crippen LogP contribution in [0, 0.1) is 6.92 Å². The number of likely N-dealkylation sites (tertiary alicyclic amines) is 1. The number of H-pyrrole nitrogens is 1. The van der Waals surface area contributed by atoms with Crippen LogP contribution in [0.4, 0.5) is 0 Å². The van der Waals surface area contributed by atoms with Gasteiger partial charge in [-0.2, -0.15) is 5.10 Å². The number of hydrogen-bond donors (Lipinski definition) is 1. The summed E-state index contributed by atoms with van der Waals surface area (Å²) in [6.07, 6.45) is 0.681. The molecule has 3 rings (SSSR count). The number of aryl methyl sites for hydroxylation is 1. The van der Waals surface area contributed by atoms with Crippen LogP contribution in [0.15, 0.2) is 30.3 Å². The zero-order chi connectivity index (χ0) is 21.0. The lowest BCUT2D eigenvalue weighted by Crippen LogP contribution is -2.49. The maximum absolute atomic E-state index is 13.2. The molecule has 154 valence electrons. The number of nitrogens with one attached hydrogen (secondary N) is 1. The quantitative estimate of drug-likeness (QED) is 0.749. The number of carbonyl (C=O) groups excluding carboxylic acids is 3. The largest absolute Gasteiger partial charge is 0.464 e. The number of carbonyl (C=O) groups is 3. The smallest absolute Gasteiger partial charge is 0.328 e. The molecule has 1 fully saturated rings. The Morgan fingerprint density at radius 1 is 1.03 bits per heavy atom. The number of esters is 2. The maximum atomic E-state index is 13.2. The van der Waals surface area contributed by atoms with Gasteiger partial charge < -0.3 is 14.4 Å². The Hall–Kier alpha value is -3.16. The summed E-state index contributed by atoms with van der Waals surface area (Å²) in [5, 5.41) is 6.95. The summed E-state index contributed by atoms with van der Waals surface area (Å²) in [6.45, 7) is 5.78.